The first-order valence-electron chi connectivity index (χ1n) is 7.59. The Morgan fingerprint density at radius 3 is 2.86 bits per heavy atom. The maximum Gasteiger partial charge on any atom is 0.233 e. The number of hydrogen-bond donors (Lipinski definition) is 1. The number of rotatable bonds is 3. The molecular formula is C16H21N3OS2. The van der Waals surface area contributed by atoms with Crippen molar-refractivity contribution in [2.24, 2.45) is 0 Å². The van der Waals surface area contributed by atoms with Gasteiger partial charge in [-0.2, -0.15) is 0 Å². The lowest BCUT2D eigenvalue weighted by molar-refractivity contribution is -0.121. The van der Waals surface area contributed by atoms with Crippen LogP contribution in [0.3, 0.4) is 0 Å². The molecule has 0 bridgehead atoms. The van der Waals surface area contributed by atoms with Gasteiger partial charge in [0, 0.05) is 15.8 Å². The predicted octanol–water partition coefficient (Wildman–Crippen LogP) is 3.58. The van der Waals surface area contributed by atoms with Crippen LogP contribution in [0.5, 0.6) is 0 Å². The molecule has 0 aliphatic heterocycles. The van der Waals surface area contributed by atoms with Gasteiger partial charge in [-0.1, -0.05) is 11.8 Å². The molecule has 0 saturated carbocycles. The van der Waals surface area contributed by atoms with Crippen LogP contribution in [0.25, 0.3) is 10.2 Å². The standard InChI is InChI=1S/C16H21N3OS2/c1-9(13(20)19-16(2,3)4)21-14-12-10-6-5-7-11(10)22-15(12)18-8-17-14/h8-9H,5-7H2,1-4H3,(H,19,20). The summed E-state index contributed by atoms with van der Waals surface area (Å²) in [5.41, 5.74) is 1.20. The van der Waals surface area contributed by atoms with Crippen molar-refractivity contribution in [2.45, 2.75) is 62.8 Å². The lowest BCUT2D eigenvalue weighted by Crippen LogP contribution is -2.44. The molecule has 0 radical (unpaired) electrons. The number of fused-ring (bicyclic) bond motifs is 3. The van der Waals surface area contributed by atoms with Gasteiger partial charge in [0.15, 0.2) is 0 Å². The zero-order valence-corrected chi connectivity index (χ0v) is 15.0. The number of aryl methyl sites for hydroxylation is 2. The van der Waals surface area contributed by atoms with Crippen molar-refractivity contribution in [3.05, 3.63) is 16.8 Å². The fourth-order valence-electron chi connectivity index (χ4n) is 2.68. The molecule has 2 aromatic heterocycles. The molecular weight excluding hydrogens is 314 g/mol. The molecule has 0 saturated heterocycles. The molecule has 2 aromatic rings. The molecule has 1 N–H and O–H groups in total. The number of hydrogen-bond acceptors (Lipinski definition) is 5. The summed E-state index contributed by atoms with van der Waals surface area (Å²) >= 11 is 3.32. The van der Waals surface area contributed by atoms with Crippen molar-refractivity contribution >= 4 is 39.2 Å². The number of amides is 1. The van der Waals surface area contributed by atoms with E-state index in [-0.39, 0.29) is 16.7 Å². The van der Waals surface area contributed by atoms with Crippen molar-refractivity contribution in [2.75, 3.05) is 0 Å². The zero-order chi connectivity index (χ0) is 15.9. The van der Waals surface area contributed by atoms with Crippen LogP contribution in [0, 0.1) is 0 Å². The van der Waals surface area contributed by atoms with E-state index in [9.17, 15) is 4.79 Å². The number of aromatic nitrogens is 2. The molecule has 6 heteroatoms. The maximum absolute atomic E-state index is 12.3. The van der Waals surface area contributed by atoms with E-state index < -0.39 is 0 Å². The highest BCUT2D eigenvalue weighted by Gasteiger charge is 2.25. The Kier molecular flexibility index (Phi) is 4.16. The molecule has 0 spiro atoms. The minimum Gasteiger partial charge on any atom is -0.351 e. The highest BCUT2D eigenvalue weighted by atomic mass is 32.2. The minimum absolute atomic E-state index is 0.0520. The fourth-order valence-corrected chi connectivity index (χ4v) is 4.92. The summed E-state index contributed by atoms with van der Waals surface area (Å²) in [6.45, 7) is 7.93. The van der Waals surface area contributed by atoms with E-state index in [1.807, 2.05) is 27.7 Å². The van der Waals surface area contributed by atoms with Gasteiger partial charge in [0.2, 0.25) is 5.91 Å². The van der Waals surface area contributed by atoms with E-state index in [0.717, 1.165) is 22.7 Å². The van der Waals surface area contributed by atoms with Gasteiger partial charge < -0.3 is 5.32 Å². The molecule has 118 valence electrons. The summed E-state index contributed by atoms with van der Waals surface area (Å²) < 4.78 is 0. The van der Waals surface area contributed by atoms with Crippen molar-refractivity contribution in [1.82, 2.24) is 15.3 Å². The van der Waals surface area contributed by atoms with E-state index in [2.05, 4.69) is 15.3 Å². The monoisotopic (exact) mass is 335 g/mol. The number of carbonyl (C=O) groups is 1. The van der Waals surface area contributed by atoms with Crippen LogP contribution < -0.4 is 5.32 Å². The Labute approximate surface area is 139 Å². The van der Waals surface area contributed by atoms with Gasteiger partial charge in [0.1, 0.15) is 16.2 Å². The van der Waals surface area contributed by atoms with Crippen molar-refractivity contribution in [1.29, 1.82) is 0 Å². The average molecular weight is 335 g/mol. The number of thiophene rings is 1. The molecule has 1 atom stereocenters. The summed E-state index contributed by atoms with van der Waals surface area (Å²) in [5.74, 6) is 0.0520. The smallest absolute Gasteiger partial charge is 0.233 e. The molecule has 22 heavy (non-hydrogen) atoms. The number of carbonyl (C=O) groups excluding carboxylic acids is 1. The molecule has 1 unspecified atom stereocenters. The molecule has 1 aliphatic carbocycles. The van der Waals surface area contributed by atoms with Crippen molar-refractivity contribution in [3.63, 3.8) is 0 Å². The maximum atomic E-state index is 12.3. The van der Waals surface area contributed by atoms with Crippen LogP contribution in [0.2, 0.25) is 0 Å². The summed E-state index contributed by atoms with van der Waals surface area (Å²) in [5, 5.41) is 4.99. The lowest BCUT2D eigenvalue weighted by atomic mass is 10.1. The molecule has 0 aromatic carbocycles. The number of thioether (sulfide) groups is 1. The fraction of sp³-hybridized carbons (Fsp3) is 0.562. The van der Waals surface area contributed by atoms with Gasteiger partial charge in [-0.05, 0) is 52.5 Å². The molecule has 2 heterocycles. The SMILES string of the molecule is CC(Sc1ncnc2sc3c(c12)CCC3)C(=O)NC(C)(C)C. The van der Waals surface area contributed by atoms with Crippen molar-refractivity contribution < 1.29 is 4.79 Å². The van der Waals surface area contributed by atoms with E-state index in [0.29, 0.717) is 0 Å². The Balaban J connectivity index is 1.86. The van der Waals surface area contributed by atoms with Gasteiger partial charge in [0.05, 0.1) is 5.25 Å². The predicted molar refractivity (Wildman–Crippen MR) is 92.7 cm³/mol. The van der Waals surface area contributed by atoms with E-state index >= 15 is 0 Å². The van der Waals surface area contributed by atoms with E-state index in [1.54, 1.807) is 17.7 Å². The van der Waals surface area contributed by atoms with E-state index in [4.69, 9.17) is 0 Å². The third-order valence-corrected chi connectivity index (χ3v) is 5.92. The summed E-state index contributed by atoms with van der Waals surface area (Å²) in [6.07, 6.45) is 5.10. The van der Waals surface area contributed by atoms with Gasteiger partial charge >= 0.3 is 0 Å². The van der Waals surface area contributed by atoms with Gasteiger partial charge in [0.25, 0.3) is 0 Å². The third kappa shape index (κ3) is 3.13. The number of nitrogens with zero attached hydrogens (tertiary/aromatic N) is 2. The topological polar surface area (TPSA) is 54.9 Å². The normalized spacial score (nSPS) is 15.8. The molecule has 4 nitrogen and oxygen atoms in total. The van der Waals surface area contributed by atoms with Gasteiger partial charge in [-0.3, -0.25) is 4.79 Å². The highest BCUT2D eigenvalue weighted by Crippen LogP contribution is 2.40. The van der Waals surface area contributed by atoms with Crippen LogP contribution in [0.4, 0.5) is 0 Å². The largest absolute Gasteiger partial charge is 0.351 e. The highest BCUT2D eigenvalue weighted by molar-refractivity contribution is 8.00. The first-order chi connectivity index (χ1) is 10.3. The van der Waals surface area contributed by atoms with Gasteiger partial charge in [-0.15, -0.1) is 11.3 Å². The van der Waals surface area contributed by atoms with Crippen LogP contribution in [-0.2, 0) is 17.6 Å². The molecule has 1 aliphatic rings. The Morgan fingerprint density at radius 2 is 2.14 bits per heavy atom. The lowest BCUT2D eigenvalue weighted by Gasteiger charge is -2.23. The second-order valence-electron chi connectivity index (χ2n) is 6.72. The van der Waals surface area contributed by atoms with E-state index in [1.165, 1.54) is 34.0 Å². The first-order valence-corrected chi connectivity index (χ1v) is 9.29. The molecule has 3 rings (SSSR count). The Morgan fingerprint density at radius 1 is 1.36 bits per heavy atom. The molecule has 1 amide bonds. The van der Waals surface area contributed by atoms with Crippen molar-refractivity contribution in [3.8, 4) is 0 Å². The molecule has 0 fully saturated rings. The van der Waals surface area contributed by atoms with Crippen LogP contribution in [-0.4, -0.2) is 26.7 Å². The third-order valence-electron chi connectivity index (χ3n) is 3.62. The van der Waals surface area contributed by atoms with Crippen LogP contribution in [0.1, 0.15) is 44.6 Å². The van der Waals surface area contributed by atoms with Crippen LogP contribution in [0.15, 0.2) is 11.4 Å². The second kappa shape index (κ2) is 5.81. The number of nitrogens with one attached hydrogen (secondary N) is 1. The zero-order valence-electron chi connectivity index (χ0n) is 13.4. The average Bonchev–Trinajstić information content (AvgIpc) is 2.96. The second-order valence-corrected chi connectivity index (χ2v) is 9.13. The summed E-state index contributed by atoms with van der Waals surface area (Å²) in [7, 11) is 0. The minimum atomic E-state index is -0.212. The summed E-state index contributed by atoms with van der Waals surface area (Å²) in [4.78, 5) is 23.7. The first kappa shape index (κ1) is 15.7. The van der Waals surface area contributed by atoms with Gasteiger partial charge in [-0.25, -0.2) is 9.97 Å². The van der Waals surface area contributed by atoms with Crippen LogP contribution >= 0.6 is 23.1 Å². The summed E-state index contributed by atoms with van der Waals surface area (Å²) in [6, 6.07) is 0. The Bertz CT molecular complexity index is 718. The Hall–Kier alpha value is -1.14. The quantitative estimate of drug-likeness (QED) is 0.688.